The van der Waals surface area contributed by atoms with Gasteiger partial charge < -0.3 is 11.1 Å². The van der Waals surface area contributed by atoms with Crippen molar-refractivity contribution in [2.24, 2.45) is 16.5 Å². The van der Waals surface area contributed by atoms with E-state index in [1.165, 1.54) is 6.20 Å². The SMILES string of the molecule is NC1=NC(N)(Cc2ccc(Br)cc2)NC=C1[N+](=O)[O-]. The number of nitro groups is 1. The minimum Gasteiger partial charge on any atom is -0.378 e. The Morgan fingerprint density at radius 1 is 1.42 bits per heavy atom. The van der Waals surface area contributed by atoms with E-state index in [0.717, 1.165) is 10.0 Å². The minimum atomic E-state index is -1.17. The lowest BCUT2D eigenvalue weighted by Crippen LogP contribution is -2.55. The molecule has 100 valence electrons. The first-order valence-corrected chi connectivity index (χ1v) is 6.20. The summed E-state index contributed by atoms with van der Waals surface area (Å²) in [5.41, 5.74) is 12.2. The van der Waals surface area contributed by atoms with Gasteiger partial charge in [-0.3, -0.25) is 15.8 Å². The van der Waals surface area contributed by atoms with Gasteiger partial charge in [-0.2, -0.15) is 0 Å². The van der Waals surface area contributed by atoms with Gasteiger partial charge in [0.15, 0.2) is 5.79 Å². The fraction of sp³-hybridized carbons (Fsp3) is 0.182. The Kier molecular flexibility index (Phi) is 3.54. The van der Waals surface area contributed by atoms with Gasteiger partial charge in [0.25, 0.3) is 0 Å². The summed E-state index contributed by atoms with van der Waals surface area (Å²) < 4.78 is 0.956. The Hall–Kier alpha value is -1.93. The number of nitrogens with zero attached hydrogens (tertiary/aromatic N) is 2. The highest BCUT2D eigenvalue weighted by molar-refractivity contribution is 9.10. The number of rotatable bonds is 3. The summed E-state index contributed by atoms with van der Waals surface area (Å²) in [6.07, 6.45) is 1.55. The molecule has 7 nitrogen and oxygen atoms in total. The minimum absolute atomic E-state index is 0.177. The van der Waals surface area contributed by atoms with Crippen LogP contribution in [-0.4, -0.2) is 16.5 Å². The fourth-order valence-electron chi connectivity index (χ4n) is 1.72. The molecule has 0 bridgehead atoms. The Bertz CT molecular complexity index is 569. The molecule has 1 aliphatic heterocycles. The topological polar surface area (TPSA) is 120 Å². The first kappa shape index (κ1) is 13.5. The second-order valence-corrected chi connectivity index (χ2v) is 5.07. The summed E-state index contributed by atoms with van der Waals surface area (Å²) in [5.74, 6) is -1.35. The van der Waals surface area contributed by atoms with E-state index >= 15 is 0 Å². The van der Waals surface area contributed by atoms with E-state index in [0.29, 0.717) is 6.42 Å². The van der Waals surface area contributed by atoms with Crippen LogP contribution in [0.5, 0.6) is 0 Å². The van der Waals surface area contributed by atoms with E-state index in [1.54, 1.807) is 0 Å². The Morgan fingerprint density at radius 3 is 2.58 bits per heavy atom. The summed E-state index contributed by atoms with van der Waals surface area (Å²) in [6.45, 7) is 0. The zero-order chi connectivity index (χ0) is 14.0. The molecular weight excluding hydrogens is 314 g/mol. The second kappa shape index (κ2) is 4.98. The molecule has 1 heterocycles. The molecule has 2 rings (SSSR count). The van der Waals surface area contributed by atoms with Crippen LogP contribution in [0.25, 0.3) is 0 Å². The predicted octanol–water partition coefficient (Wildman–Crippen LogP) is 0.683. The molecule has 0 radical (unpaired) electrons. The molecular formula is C11H12BrN5O2. The van der Waals surface area contributed by atoms with E-state index in [4.69, 9.17) is 11.5 Å². The summed E-state index contributed by atoms with van der Waals surface area (Å²) in [6, 6.07) is 7.54. The number of nitrogens with one attached hydrogen (secondary N) is 1. The van der Waals surface area contributed by atoms with Crippen LogP contribution in [0.2, 0.25) is 0 Å². The van der Waals surface area contributed by atoms with E-state index in [1.807, 2.05) is 24.3 Å². The standard InChI is InChI=1S/C11H12BrN5O2/c12-8-3-1-7(2-4-8)5-11(14)15-6-9(17(18)19)10(13)16-11/h1-4,6,15H,5,14H2,(H2,13,16). The monoisotopic (exact) mass is 325 g/mol. The molecule has 0 amide bonds. The van der Waals surface area contributed by atoms with Crippen molar-refractivity contribution in [3.05, 3.63) is 56.3 Å². The fourth-order valence-corrected chi connectivity index (χ4v) is 1.99. The lowest BCUT2D eigenvalue weighted by atomic mass is 10.1. The van der Waals surface area contributed by atoms with Gasteiger partial charge in [0, 0.05) is 10.9 Å². The van der Waals surface area contributed by atoms with Crippen LogP contribution in [0.4, 0.5) is 0 Å². The van der Waals surface area contributed by atoms with Crippen molar-refractivity contribution in [3.63, 3.8) is 0 Å². The van der Waals surface area contributed by atoms with Gasteiger partial charge in [0.1, 0.15) is 0 Å². The summed E-state index contributed by atoms with van der Waals surface area (Å²) in [5, 5.41) is 13.4. The van der Waals surface area contributed by atoms with Gasteiger partial charge in [-0.05, 0) is 17.7 Å². The van der Waals surface area contributed by atoms with Crippen molar-refractivity contribution < 1.29 is 4.92 Å². The van der Waals surface area contributed by atoms with Gasteiger partial charge in [-0.1, -0.05) is 28.1 Å². The van der Waals surface area contributed by atoms with Crippen molar-refractivity contribution in [2.45, 2.75) is 12.2 Å². The largest absolute Gasteiger partial charge is 0.378 e. The average Bonchev–Trinajstić information content (AvgIpc) is 2.31. The Balaban J connectivity index is 2.18. The normalized spacial score (nSPS) is 22.2. The highest BCUT2D eigenvalue weighted by Gasteiger charge is 2.32. The molecule has 1 aliphatic rings. The molecule has 19 heavy (non-hydrogen) atoms. The van der Waals surface area contributed by atoms with Crippen molar-refractivity contribution in [1.29, 1.82) is 0 Å². The maximum Gasteiger partial charge on any atom is 0.326 e. The van der Waals surface area contributed by atoms with Gasteiger partial charge in [0.2, 0.25) is 5.84 Å². The Morgan fingerprint density at radius 2 is 2.05 bits per heavy atom. The molecule has 1 aromatic rings. The van der Waals surface area contributed by atoms with Crippen LogP contribution in [0.1, 0.15) is 5.56 Å². The van der Waals surface area contributed by atoms with Crippen molar-refractivity contribution in [2.75, 3.05) is 0 Å². The molecule has 0 aromatic heterocycles. The second-order valence-electron chi connectivity index (χ2n) is 4.16. The maximum atomic E-state index is 10.7. The van der Waals surface area contributed by atoms with Crippen molar-refractivity contribution in [3.8, 4) is 0 Å². The highest BCUT2D eigenvalue weighted by Crippen LogP contribution is 2.17. The lowest BCUT2D eigenvalue weighted by Gasteiger charge is -2.28. The molecule has 0 saturated carbocycles. The summed E-state index contributed by atoms with van der Waals surface area (Å²) in [4.78, 5) is 14.0. The molecule has 0 saturated heterocycles. The third kappa shape index (κ3) is 3.09. The lowest BCUT2D eigenvalue weighted by molar-refractivity contribution is -0.416. The van der Waals surface area contributed by atoms with Crippen LogP contribution in [-0.2, 0) is 6.42 Å². The molecule has 8 heteroatoms. The van der Waals surface area contributed by atoms with Crippen molar-refractivity contribution >= 4 is 21.8 Å². The summed E-state index contributed by atoms with van der Waals surface area (Å²) >= 11 is 3.34. The van der Waals surface area contributed by atoms with Gasteiger partial charge in [-0.25, -0.2) is 4.99 Å². The quantitative estimate of drug-likeness (QED) is 0.557. The highest BCUT2D eigenvalue weighted by atomic mass is 79.9. The van der Waals surface area contributed by atoms with Crippen LogP contribution < -0.4 is 16.8 Å². The first-order chi connectivity index (χ1) is 8.89. The zero-order valence-corrected chi connectivity index (χ0v) is 11.4. The number of benzene rings is 1. The summed E-state index contributed by atoms with van der Waals surface area (Å²) in [7, 11) is 0. The average molecular weight is 326 g/mol. The predicted molar refractivity (Wildman–Crippen MR) is 74.6 cm³/mol. The van der Waals surface area contributed by atoms with Crippen LogP contribution >= 0.6 is 15.9 Å². The number of halogens is 1. The third-order valence-corrected chi connectivity index (χ3v) is 3.15. The van der Waals surface area contributed by atoms with Gasteiger partial charge in [-0.15, -0.1) is 0 Å². The zero-order valence-electron chi connectivity index (χ0n) is 9.84. The third-order valence-electron chi connectivity index (χ3n) is 2.62. The number of hydrogen-bond donors (Lipinski definition) is 3. The molecule has 0 aliphatic carbocycles. The molecule has 1 unspecified atom stereocenters. The smallest absolute Gasteiger partial charge is 0.326 e. The van der Waals surface area contributed by atoms with E-state index < -0.39 is 10.7 Å². The molecule has 0 spiro atoms. The number of amidine groups is 1. The van der Waals surface area contributed by atoms with Crippen molar-refractivity contribution in [1.82, 2.24) is 5.32 Å². The maximum absolute atomic E-state index is 10.7. The van der Waals surface area contributed by atoms with E-state index in [-0.39, 0.29) is 11.5 Å². The van der Waals surface area contributed by atoms with Gasteiger partial charge >= 0.3 is 5.70 Å². The Labute approximate surface area is 117 Å². The molecule has 0 fully saturated rings. The number of nitrogens with two attached hydrogens (primary N) is 2. The van der Waals surface area contributed by atoms with E-state index in [9.17, 15) is 10.1 Å². The van der Waals surface area contributed by atoms with Crippen LogP contribution in [0.3, 0.4) is 0 Å². The number of aliphatic imine (C=N–C) groups is 1. The number of hydrogen-bond acceptors (Lipinski definition) is 6. The molecule has 5 N–H and O–H groups in total. The van der Waals surface area contributed by atoms with Gasteiger partial charge in [0.05, 0.1) is 11.1 Å². The van der Waals surface area contributed by atoms with Crippen LogP contribution in [0.15, 0.2) is 45.6 Å². The molecule has 1 atom stereocenters. The first-order valence-electron chi connectivity index (χ1n) is 5.41. The van der Waals surface area contributed by atoms with E-state index in [2.05, 4.69) is 26.2 Å². The van der Waals surface area contributed by atoms with Crippen LogP contribution in [0, 0.1) is 10.1 Å². The molecule has 1 aromatic carbocycles.